The van der Waals surface area contributed by atoms with Crippen LogP contribution in [0.15, 0.2) is 66.9 Å². The number of pyridine rings is 1. The number of aryl methyl sites for hydroxylation is 1. The highest BCUT2D eigenvalue weighted by molar-refractivity contribution is 5.92. The summed E-state index contributed by atoms with van der Waals surface area (Å²) in [5, 5.41) is 3.32. The summed E-state index contributed by atoms with van der Waals surface area (Å²) in [6.45, 7) is 7.71. The zero-order valence-electron chi connectivity index (χ0n) is 22.7. The summed E-state index contributed by atoms with van der Waals surface area (Å²) in [7, 11) is 1.71. The molecule has 2 aliphatic carbocycles. The van der Waals surface area contributed by atoms with Crippen LogP contribution in [-0.2, 0) is 18.3 Å². The lowest BCUT2D eigenvalue weighted by molar-refractivity contribution is 0.0111. The van der Waals surface area contributed by atoms with Crippen LogP contribution in [0.2, 0.25) is 0 Å². The standard InChI is InChI=1S/C33H40N2O2/c1-23(2)25-11-15-28-26(20-25)12-16-30-32(28,3)17-7-18-33(30,21-24-9-13-27(37-4)14-10-24)22-35-31(36)29-8-5-6-19-34-29/h5-6,8-11,13-15,19-20,23,30H,7,12,16-18,21-22H2,1-4H3,(H,35,36)/t30-,32-,33-/m1/s1. The van der Waals surface area contributed by atoms with Gasteiger partial charge in [-0.25, -0.2) is 0 Å². The molecule has 4 nitrogen and oxygen atoms in total. The van der Waals surface area contributed by atoms with E-state index in [1.165, 1.54) is 28.7 Å². The van der Waals surface area contributed by atoms with E-state index in [1.807, 2.05) is 12.1 Å². The smallest absolute Gasteiger partial charge is 0.269 e. The van der Waals surface area contributed by atoms with Crippen LogP contribution in [-0.4, -0.2) is 24.5 Å². The lowest BCUT2D eigenvalue weighted by atomic mass is 9.48. The first-order valence-corrected chi connectivity index (χ1v) is 13.8. The Balaban J connectivity index is 1.50. The van der Waals surface area contributed by atoms with Crippen molar-refractivity contribution in [3.05, 3.63) is 94.8 Å². The third-order valence-electron chi connectivity index (χ3n) is 9.21. The summed E-state index contributed by atoms with van der Waals surface area (Å²) in [6.07, 6.45) is 8.36. The minimum atomic E-state index is -0.0835. The highest BCUT2D eigenvalue weighted by Crippen LogP contribution is 2.58. The van der Waals surface area contributed by atoms with E-state index in [0.29, 0.717) is 24.1 Å². The van der Waals surface area contributed by atoms with Crippen LogP contribution >= 0.6 is 0 Å². The maximum Gasteiger partial charge on any atom is 0.269 e. The number of fused-ring (bicyclic) bond motifs is 3. The molecule has 1 heterocycles. The van der Waals surface area contributed by atoms with Gasteiger partial charge < -0.3 is 10.1 Å². The molecule has 1 N–H and O–H groups in total. The zero-order chi connectivity index (χ0) is 26.0. The number of aromatic nitrogens is 1. The number of carbonyl (C=O) groups is 1. The fourth-order valence-electron chi connectivity index (χ4n) is 7.30. The van der Waals surface area contributed by atoms with Gasteiger partial charge in [0.05, 0.1) is 7.11 Å². The Labute approximate surface area is 221 Å². The number of carbonyl (C=O) groups excluding carboxylic acids is 1. The summed E-state index contributed by atoms with van der Waals surface area (Å²) in [6, 6.07) is 21.2. The molecule has 1 amide bonds. The van der Waals surface area contributed by atoms with Crippen molar-refractivity contribution in [2.24, 2.45) is 11.3 Å². The maximum atomic E-state index is 13.1. The molecule has 1 fully saturated rings. The fraction of sp³-hybridized carbons (Fsp3) is 0.455. The van der Waals surface area contributed by atoms with Crippen molar-refractivity contribution < 1.29 is 9.53 Å². The molecule has 1 saturated carbocycles. The average Bonchev–Trinajstić information content (AvgIpc) is 2.92. The highest BCUT2D eigenvalue weighted by Gasteiger charge is 2.53. The van der Waals surface area contributed by atoms with E-state index in [2.05, 4.69) is 73.5 Å². The molecule has 194 valence electrons. The number of rotatable bonds is 7. The number of methoxy groups -OCH3 is 1. The molecule has 0 unspecified atom stereocenters. The Kier molecular flexibility index (Phi) is 7.11. The van der Waals surface area contributed by atoms with E-state index in [1.54, 1.807) is 19.4 Å². The number of hydrogen-bond acceptors (Lipinski definition) is 3. The average molecular weight is 497 g/mol. The second-order valence-electron chi connectivity index (χ2n) is 11.7. The van der Waals surface area contributed by atoms with Crippen LogP contribution in [0.4, 0.5) is 0 Å². The Bertz CT molecular complexity index is 1240. The molecule has 0 spiro atoms. The quantitative estimate of drug-likeness (QED) is 0.388. The summed E-state index contributed by atoms with van der Waals surface area (Å²) < 4.78 is 5.42. The van der Waals surface area contributed by atoms with Crippen LogP contribution in [0.5, 0.6) is 5.75 Å². The monoisotopic (exact) mass is 496 g/mol. The molecule has 2 aromatic carbocycles. The molecule has 37 heavy (non-hydrogen) atoms. The van der Waals surface area contributed by atoms with Crippen LogP contribution in [0.1, 0.15) is 85.1 Å². The summed E-state index contributed by atoms with van der Waals surface area (Å²) in [4.78, 5) is 17.4. The van der Waals surface area contributed by atoms with Crippen molar-refractivity contribution >= 4 is 5.91 Å². The van der Waals surface area contributed by atoms with Gasteiger partial charge in [-0.3, -0.25) is 9.78 Å². The van der Waals surface area contributed by atoms with Gasteiger partial charge in [0.25, 0.3) is 5.91 Å². The van der Waals surface area contributed by atoms with Gasteiger partial charge >= 0.3 is 0 Å². The first-order valence-electron chi connectivity index (χ1n) is 13.8. The highest BCUT2D eigenvalue weighted by atomic mass is 16.5. The maximum absolute atomic E-state index is 13.1. The Morgan fingerprint density at radius 1 is 1.11 bits per heavy atom. The van der Waals surface area contributed by atoms with Crippen molar-refractivity contribution in [2.45, 2.75) is 70.6 Å². The van der Waals surface area contributed by atoms with Gasteiger partial charge in [-0.15, -0.1) is 0 Å². The molecule has 3 aromatic rings. The molecule has 0 radical (unpaired) electrons. The van der Waals surface area contributed by atoms with Gasteiger partial charge in [-0.1, -0.05) is 63.6 Å². The van der Waals surface area contributed by atoms with Crippen molar-refractivity contribution in [3.63, 3.8) is 0 Å². The van der Waals surface area contributed by atoms with Gasteiger partial charge in [0.1, 0.15) is 11.4 Å². The topological polar surface area (TPSA) is 51.2 Å². The van der Waals surface area contributed by atoms with Crippen molar-refractivity contribution in [1.82, 2.24) is 10.3 Å². The summed E-state index contributed by atoms with van der Waals surface area (Å²) in [5.41, 5.74) is 6.35. The lowest BCUT2D eigenvalue weighted by Gasteiger charge is -2.57. The van der Waals surface area contributed by atoms with Gasteiger partial charge in [-0.05, 0) is 101 Å². The first-order chi connectivity index (χ1) is 17.8. The summed E-state index contributed by atoms with van der Waals surface area (Å²) >= 11 is 0. The number of amides is 1. The van der Waals surface area contributed by atoms with E-state index in [4.69, 9.17) is 4.74 Å². The van der Waals surface area contributed by atoms with Crippen LogP contribution in [0.3, 0.4) is 0 Å². The molecule has 1 aromatic heterocycles. The molecule has 5 rings (SSSR count). The van der Waals surface area contributed by atoms with Crippen LogP contribution in [0.25, 0.3) is 0 Å². The van der Waals surface area contributed by atoms with E-state index in [9.17, 15) is 4.79 Å². The van der Waals surface area contributed by atoms with Crippen molar-refractivity contribution in [3.8, 4) is 5.75 Å². The molecule has 3 atom stereocenters. The third-order valence-corrected chi connectivity index (χ3v) is 9.21. The minimum absolute atomic E-state index is 0.0273. The SMILES string of the molecule is COc1ccc(C[C@@]2(CNC(=O)c3ccccn3)CCC[C@]3(C)c4ccc(C(C)C)cc4CC[C@@H]23)cc1. The minimum Gasteiger partial charge on any atom is -0.497 e. The number of nitrogens with zero attached hydrogens (tertiary/aromatic N) is 1. The fourth-order valence-corrected chi connectivity index (χ4v) is 7.30. The van der Waals surface area contributed by atoms with Gasteiger partial charge in [-0.2, -0.15) is 0 Å². The second-order valence-corrected chi connectivity index (χ2v) is 11.7. The Morgan fingerprint density at radius 2 is 1.92 bits per heavy atom. The van der Waals surface area contributed by atoms with E-state index >= 15 is 0 Å². The second kappa shape index (κ2) is 10.3. The number of benzene rings is 2. The number of hydrogen-bond donors (Lipinski definition) is 1. The zero-order valence-corrected chi connectivity index (χ0v) is 22.7. The molecule has 0 bridgehead atoms. The molecule has 0 aliphatic heterocycles. The Hall–Kier alpha value is -3.14. The van der Waals surface area contributed by atoms with E-state index < -0.39 is 0 Å². The Morgan fingerprint density at radius 3 is 2.62 bits per heavy atom. The first kappa shape index (κ1) is 25.5. The molecule has 4 heteroatoms. The van der Waals surface area contributed by atoms with Gasteiger partial charge in [0, 0.05) is 12.7 Å². The predicted octanol–water partition coefficient (Wildman–Crippen LogP) is 6.88. The molecule has 2 aliphatic rings. The largest absolute Gasteiger partial charge is 0.497 e. The predicted molar refractivity (Wildman–Crippen MR) is 149 cm³/mol. The van der Waals surface area contributed by atoms with Crippen molar-refractivity contribution in [1.29, 1.82) is 0 Å². The van der Waals surface area contributed by atoms with Gasteiger partial charge in [0.15, 0.2) is 0 Å². The van der Waals surface area contributed by atoms with Crippen LogP contribution < -0.4 is 10.1 Å². The molecule has 0 saturated heterocycles. The van der Waals surface area contributed by atoms with Gasteiger partial charge in [0.2, 0.25) is 0 Å². The number of nitrogens with one attached hydrogen (secondary N) is 1. The third kappa shape index (κ3) is 4.91. The van der Waals surface area contributed by atoms with Crippen LogP contribution in [0, 0.1) is 11.3 Å². The lowest BCUT2D eigenvalue weighted by Crippen LogP contribution is -2.55. The summed E-state index contributed by atoms with van der Waals surface area (Å²) in [5.74, 6) is 1.82. The molecular weight excluding hydrogens is 456 g/mol. The molecular formula is C33H40N2O2. The van der Waals surface area contributed by atoms with Crippen molar-refractivity contribution in [2.75, 3.05) is 13.7 Å². The normalized spacial score (nSPS) is 24.7. The number of ether oxygens (including phenoxy) is 1. The van der Waals surface area contributed by atoms with E-state index in [-0.39, 0.29) is 16.7 Å². The van der Waals surface area contributed by atoms with E-state index in [0.717, 1.165) is 37.9 Å².